The molecule has 72 valence electrons. The van der Waals surface area contributed by atoms with Gasteiger partial charge in [-0.1, -0.05) is 13.8 Å². The second-order valence-corrected chi connectivity index (χ2v) is 4.89. The molecule has 4 heteroatoms. The Bertz CT molecular complexity index is 278. The molecule has 0 spiro atoms. The highest BCUT2D eigenvalue weighted by Crippen LogP contribution is 2.50. The van der Waals surface area contributed by atoms with E-state index in [1.807, 2.05) is 0 Å². The van der Waals surface area contributed by atoms with Crippen LogP contribution in [0.3, 0.4) is 0 Å². The van der Waals surface area contributed by atoms with Gasteiger partial charge in [-0.15, -0.1) is 21.5 Å². The summed E-state index contributed by atoms with van der Waals surface area (Å²) in [6.07, 6.45) is 0.617. The molecule has 0 unspecified atom stereocenters. The number of alkyl halides is 1. The first kappa shape index (κ1) is 9.06. The highest BCUT2D eigenvalue weighted by molar-refractivity contribution is 7.09. The van der Waals surface area contributed by atoms with E-state index in [2.05, 4.69) is 24.0 Å². The van der Waals surface area contributed by atoms with Gasteiger partial charge in [-0.3, -0.25) is 0 Å². The summed E-state index contributed by atoms with van der Waals surface area (Å²) < 4.78 is 12.9. The van der Waals surface area contributed by atoms with Crippen LogP contribution in [0.15, 0.2) is 5.51 Å². The molecule has 0 atom stereocenters. The highest BCUT2D eigenvalue weighted by Gasteiger charge is 2.50. The van der Waals surface area contributed by atoms with Gasteiger partial charge in [0.05, 0.1) is 0 Å². The fourth-order valence-corrected chi connectivity index (χ4v) is 2.94. The molecule has 0 amide bonds. The van der Waals surface area contributed by atoms with Crippen LogP contribution in [0.2, 0.25) is 0 Å². The van der Waals surface area contributed by atoms with Crippen LogP contribution in [0.25, 0.3) is 0 Å². The number of rotatable bonds is 2. The Morgan fingerprint density at radius 2 is 2.31 bits per heavy atom. The fraction of sp³-hybridized carbons (Fsp3) is 0.778. The summed E-state index contributed by atoms with van der Waals surface area (Å²) in [5.41, 5.74) is 1.71. The van der Waals surface area contributed by atoms with Crippen LogP contribution < -0.4 is 0 Å². The minimum Gasteiger partial charge on any atom is -0.247 e. The number of halogens is 1. The van der Waals surface area contributed by atoms with Crippen LogP contribution in [-0.4, -0.2) is 16.4 Å². The quantitative estimate of drug-likeness (QED) is 0.733. The predicted molar refractivity (Wildman–Crippen MR) is 50.6 cm³/mol. The zero-order chi connectivity index (χ0) is 9.47. The van der Waals surface area contributed by atoms with E-state index < -0.39 is 6.17 Å². The average Bonchev–Trinajstić information content (AvgIpc) is 2.49. The molecule has 1 fully saturated rings. The molecule has 2 nitrogen and oxygen atoms in total. The minimum absolute atomic E-state index is 0.0133. The van der Waals surface area contributed by atoms with Gasteiger partial charge < -0.3 is 0 Å². The van der Waals surface area contributed by atoms with Crippen molar-refractivity contribution in [1.82, 2.24) is 10.2 Å². The molecule has 0 aliphatic heterocycles. The van der Waals surface area contributed by atoms with Crippen LogP contribution in [0.1, 0.15) is 31.7 Å². The monoisotopic (exact) mass is 200 g/mol. The Labute approximate surface area is 81.2 Å². The first-order valence-corrected chi connectivity index (χ1v) is 5.44. The molecule has 1 aromatic rings. The van der Waals surface area contributed by atoms with E-state index in [0.29, 0.717) is 18.8 Å². The zero-order valence-corrected chi connectivity index (χ0v) is 8.64. The summed E-state index contributed by atoms with van der Waals surface area (Å²) >= 11 is 1.55. The number of hydrogen-bond acceptors (Lipinski definition) is 3. The van der Waals surface area contributed by atoms with Crippen LogP contribution in [0, 0.1) is 5.92 Å². The van der Waals surface area contributed by atoms with Crippen molar-refractivity contribution in [2.24, 2.45) is 5.92 Å². The second-order valence-electron chi connectivity index (χ2n) is 4.06. The molecule has 0 aromatic carbocycles. The van der Waals surface area contributed by atoms with Gasteiger partial charge in [0.15, 0.2) is 0 Å². The van der Waals surface area contributed by atoms with E-state index in [1.165, 1.54) is 0 Å². The van der Waals surface area contributed by atoms with E-state index >= 15 is 0 Å². The Kier molecular flexibility index (Phi) is 2.10. The second kappa shape index (κ2) is 3.01. The topological polar surface area (TPSA) is 25.8 Å². The Balaban J connectivity index is 2.26. The van der Waals surface area contributed by atoms with E-state index in [4.69, 9.17) is 0 Å². The van der Waals surface area contributed by atoms with Gasteiger partial charge in [0.1, 0.15) is 16.7 Å². The number of nitrogens with zero attached hydrogens (tertiary/aromatic N) is 2. The molecule has 1 saturated carbocycles. The lowest BCUT2D eigenvalue weighted by molar-refractivity contribution is 0.0553. The normalized spacial score (nSPS) is 33.4. The van der Waals surface area contributed by atoms with E-state index in [-0.39, 0.29) is 5.41 Å². The average molecular weight is 200 g/mol. The van der Waals surface area contributed by atoms with Crippen molar-refractivity contribution < 1.29 is 4.39 Å². The van der Waals surface area contributed by atoms with Crippen molar-refractivity contribution >= 4 is 11.3 Å². The van der Waals surface area contributed by atoms with Crippen molar-refractivity contribution in [1.29, 1.82) is 0 Å². The van der Waals surface area contributed by atoms with Gasteiger partial charge >= 0.3 is 0 Å². The SMILES string of the molecule is CC(C)C1(c2nncs2)CC(F)C1. The smallest absolute Gasteiger partial charge is 0.123 e. The predicted octanol–water partition coefficient (Wildman–Crippen LogP) is 2.56. The lowest BCUT2D eigenvalue weighted by Gasteiger charge is -2.45. The summed E-state index contributed by atoms with van der Waals surface area (Å²) in [5.74, 6) is 0.451. The fourth-order valence-electron chi connectivity index (χ4n) is 2.01. The third kappa shape index (κ3) is 1.27. The van der Waals surface area contributed by atoms with Gasteiger partial charge in [0.25, 0.3) is 0 Å². The van der Waals surface area contributed by atoms with E-state index in [9.17, 15) is 4.39 Å². The van der Waals surface area contributed by atoms with Gasteiger partial charge in [-0.05, 0) is 18.8 Å². The zero-order valence-electron chi connectivity index (χ0n) is 7.83. The molecular formula is C9H13FN2S. The molecule has 0 radical (unpaired) electrons. The molecule has 1 heterocycles. The van der Waals surface area contributed by atoms with E-state index in [0.717, 1.165) is 5.01 Å². The maximum absolute atomic E-state index is 12.9. The molecule has 1 aliphatic rings. The lowest BCUT2D eigenvalue weighted by Crippen LogP contribution is -2.46. The van der Waals surface area contributed by atoms with Gasteiger partial charge in [0.2, 0.25) is 0 Å². The van der Waals surface area contributed by atoms with Gasteiger partial charge in [-0.25, -0.2) is 4.39 Å². The standard InChI is InChI=1S/C9H13FN2S/c1-6(2)9(3-7(10)4-9)8-12-11-5-13-8/h5-7H,3-4H2,1-2H3. The first-order valence-electron chi connectivity index (χ1n) is 4.56. The largest absolute Gasteiger partial charge is 0.247 e. The summed E-state index contributed by atoms with van der Waals surface area (Å²) in [7, 11) is 0. The Hall–Kier alpha value is -0.510. The molecule has 0 N–H and O–H groups in total. The van der Waals surface area contributed by atoms with Crippen LogP contribution in [-0.2, 0) is 5.41 Å². The van der Waals surface area contributed by atoms with Crippen LogP contribution in [0.5, 0.6) is 0 Å². The molecule has 1 aromatic heterocycles. The Morgan fingerprint density at radius 3 is 2.69 bits per heavy atom. The maximum Gasteiger partial charge on any atom is 0.123 e. The summed E-state index contributed by atoms with van der Waals surface area (Å²) in [6, 6.07) is 0. The molecular weight excluding hydrogens is 187 g/mol. The molecule has 0 saturated heterocycles. The van der Waals surface area contributed by atoms with Crippen LogP contribution >= 0.6 is 11.3 Å². The van der Waals surface area contributed by atoms with Gasteiger partial charge in [-0.2, -0.15) is 0 Å². The molecule has 1 aliphatic carbocycles. The summed E-state index contributed by atoms with van der Waals surface area (Å²) in [6.45, 7) is 4.26. The third-order valence-electron chi connectivity index (χ3n) is 3.06. The highest BCUT2D eigenvalue weighted by atomic mass is 32.1. The van der Waals surface area contributed by atoms with Crippen LogP contribution in [0.4, 0.5) is 4.39 Å². The summed E-state index contributed by atoms with van der Waals surface area (Å²) in [4.78, 5) is 0. The number of aromatic nitrogens is 2. The van der Waals surface area contributed by atoms with Crippen molar-refractivity contribution in [3.8, 4) is 0 Å². The first-order chi connectivity index (χ1) is 6.15. The minimum atomic E-state index is -0.633. The van der Waals surface area contributed by atoms with E-state index in [1.54, 1.807) is 16.8 Å². The van der Waals surface area contributed by atoms with Crippen molar-refractivity contribution in [3.63, 3.8) is 0 Å². The Morgan fingerprint density at radius 1 is 1.62 bits per heavy atom. The molecule has 13 heavy (non-hydrogen) atoms. The number of hydrogen-bond donors (Lipinski definition) is 0. The van der Waals surface area contributed by atoms with Crippen molar-refractivity contribution in [3.05, 3.63) is 10.5 Å². The third-order valence-corrected chi connectivity index (χ3v) is 3.97. The van der Waals surface area contributed by atoms with Gasteiger partial charge in [0, 0.05) is 5.41 Å². The molecule has 0 bridgehead atoms. The lowest BCUT2D eigenvalue weighted by atomic mass is 9.61. The van der Waals surface area contributed by atoms with Crippen molar-refractivity contribution in [2.45, 2.75) is 38.3 Å². The van der Waals surface area contributed by atoms with Crippen molar-refractivity contribution in [2.75, 3.05) is 0 Å². The summed E-state index contributed by atoms with van der Waals surface area (Å²) in [5, 5.41) is 8.90. The molecule has 2 rings (SSSR count). The maximum atomic E-state index is 12.9.